The Morgan fingerprint density at radius 3 is 2.32 bits per heavy atom. The maximum atomic E-state index is 12.0. The van der Waals surface area contributed by atoms with Crippen molar-refractivity contribution in [3.63, 3.8) is 0 Å². The number of hydrogen-bond acceptors (Lipinski definition) is 2. The van der Waals surface area contributed by atoms with Crippen molar-refractivity contribution in [2.75, 3.05) is 0 Å². The lowest BCUT2D eigenvalue weighted by atomic mass is 9.84. The van der Waals surface area contributed by atoms with Gasteiger partial charge in [-0.25, -0.2) is 4.79 Å². The summed E-state index contributed by atoms with van der Waals surface area (Å²) >= 11 is 0. The number of rotatable bonds is 4. The number of fused-ring (bicyclic) bond motifs is 2. The molecule has 2 saturated carbocycles. The molecule has 0 saturated heterocycles. The average molecular weight is 265 g/mol. The van der Waals surface area contributed by atoms with Gasteiger partial charge in [-0.15, -0.1) is 0 Å². The van der Waals surface area contributed by atoms with Crippen molar-refractivity contribution in [3.05, 3.63) is 11.1 Å². The van der Waals surface area contributed by atoms with Crippen LogP contribution in [0.15, 0.2) is 11.1 Å². The smallest absolute Gasteiger partial charge is 0.331 e. The lowest BCUT2D eigenvalue weighted by Crippen LogP contribution is -2.40. The van der Waals surface area contributed by atoms with Crippen LogP contribution in [0.2, 0.25) is 0 Å². The topological polar surface area (TPSA) is 66.4 Å². The molecule has 1 amide bonds. The monoisotopic (exact) mass is 265 g/mol. The Balaban J connectivity index is 1.96. The van der Waals surface area contributed by atoms with Gasteiger partial charge >= 0.3 is 5.97 Å². The highest BCUT2D eigenvalue weighted by molar-refractivity contribution is 6.01. The van der Waals surface area contributed by atoms with Gasteiger partial charge in [-0.2, -0.15) is 0 Å². The molecule has 2 rings (SSSR count). The van der Waals surface area contributed by atoms with Gasteiger partial charge in [0.1, 0.15) is 0 Å². The number of hydrogen-bond donors (Lipinski definition) is 2. The van der Waals surface area contributed by atoms with E-state index in [1.54, 1.807) is 6.92 Å². The van der Waals surface area contributed by atoms with Gasteiger partial charge in [-0.3, -0.25) is 4.79 Å². The van der Waals surface area contributed by atoms with Crippen molar-refractivity contribution in [2.24, 2.45) is 17.8 Å². The minimum Gasteiger partial charge on any atom is -0.478 e. The molecule has 4 heteroatoms. The summed E-state index contributed by atoms with van der Waals surface area (Å²) in [6.45, 7) is 5.10. The Morgan fingerprint density at radius 1 is 1.16 bits per heavy atom. The van der Waals surface area contributed by atoms with E-state index in [9.17, 15) is 9.59 Å². The third kappa shape index (κ3) is 2.82. The van der Waals surface area contributed by atoms with Gasteiger partial charge in [-0.1, -0.05) is 6.42 Å². The van der Waals surface area contributed by atoms with Crippen LogP contribution in [0, 0.1) is 17.8 Å². The molecule has 19 heavy (non-hydrogen) atoms. The minimum atomic E-state index is -1.03. The zero-order chi connectivity index (χ0) is 14.2. The molecular weight excluding hydrogens is 242 g/mol. The van der Waals surface area contributed by atoms with Crippen molar-refractivity contribution in [3.8, 4) is 0 Å². The quantitative estimate of drug-likeness (QED) is 0.767. The second kappa shape index (κ2) is 5.35. The fourth-order valence-corrected chi connectivity index (χ4v) is 3.66. The first-order valence-electron chi connectivity index (χ1n) is 7.11. The Morgan fingerprint density at radius 2 is 1.84 bits per heavy atom. The number of carboxylic acids is 1. The second-order valence-corrected chi connectivity index (χ2v) is 6.16. The zero-order valence-electron chi connectivity index (χ0n) is 11.9. The summed E-state index contributed by atoms with van der Waals surface area (Å²) in [7, 11) is 0. The van der Waals surface area contributed by atoms with E-state index in [-0.39, 0.29) is 17.5 Å². The number of carboxylic acid groups (broad SMARTS) is 1. The SMILES string of the molecule is CC(C(=O)O)=C(C)C(=O)NC(C)C1CC2CCC1C2. The van der Waals surface area contributed by atoms with Gasteiger partial charge in [0.25, 0.3) is 0 Å². The van der Waals surface area contributed by atoms with Crippen molar-refractivity contribution in [1.29, 1.82) is 0 Å². The van der Waals surface area contributed by atoms with E-state index in [0.29, 0.717) is 11.5 Å². The van der Waals surface area contributed by atoms with Gasteiger partial charge in [0.05, 0.1) is 0 Å². The molecule has 4 atom stereocenters. The van der Waals surface area contributed by atoms with Crippen LogP contribution >= 0.6 is 0 Å². The van der Waals surface area contributed by atoms with Crippen molar-refractivity contribution in [2.45, 2.75) is 52.5 Å². The minimum absolute atomic E-state index is 0.123. The van der Waals surface area contributed by atoms with E-state index in [1.807, 2.05) is 6.92 Å². The van der Waals surface area contributed by atoms with Crippen LogP contribution in [0.5, 0.6) is 0 Å². The van der Waals surface area contributed by atoms with E-state index >= 15 is 0 Å². The van der Waals surface area contributed by atoms with E-state index in [4.69, 9.17) is 5.11 Å². The van der Waals surface area contributed by atoms with E-state index in [0.717, 1.165) is 11.8 Å². The predicted octanol–water partition coefficient (Wildman–Crippen LogP) is 2.35. The number of nitrogens with one attached hydrogen (secondary N) is 1. The summed E-state index contributed by atoms with van der Waals surface area (Å²) < 4.78 is 0. The molecule has 2 fully saturated rings. The molecular formula is C15H23NO3. The van der Waals surface area contributed by atoms with E-state index in [1.165, 1.54) is 32.6 Å². The molecule has 2 bridgehead atoms. The maximum absolute atomic E-state index is 12.0. The summed E-state index contributed by atoms with van der Waals surface area (Å²) in [6.07, 6.45) is 5.16. The standard InChI is InChI=1S/C15H23NO3/c1-8(9(2)15(18)19)14(17)16-10(3)13-7-11-4-5-12(13)6-11/h10-13H,4-7H2,1-3H3,(H,16,17)(H,18,19). The molecule has 2 N–H and O–H groups in total. The molecule has 0 aromatic carbocycles. The fourth-order valence-electron chi connectivity index (χ4n) is 3.66. The van der Waals surface area contributed by atoms with Crippen molar-refractivity contribution < 1.29 is 14.7 Å². The van der Waals surface area contributed by atoms with Crippen LogP contribution in [-0.4, -0.2) is 23.0 Å². The zero-order valence-corrected chi connectivity index (χ0v) is 11.9. The number of amides is 1. The summed E-state index contributed by atoms with van der Waals surface area (Å²) in [4.78, 5) is 22.9. The molecule has 4 unspecified atom stereocenters. The Labute approximate surface area is 114 Å². The lowest BCUT2D eigenvalue weighted by Gasteiger charge is -2.28. The second-order valence-electron chi connectivity index (χ2n) is 6.16. The number of aliphatic carboxylic acids is 1. The van der Waals surface area contributed by atoms with Crippen LogP contribution in [0.4, 0.5) is 0 Å². The van der Waals surface area contributed by atoms with E-state index in [2.05, 4.69) is 5.32 Å². The van der Waals surface area contributed by atoms with Gasteiger partial charge in [0.15, 0.2) is 0 Å². The van der Waals surface area contributed by atoms with Crippen LogP contribution < -0.4 is 5.32 Å². The van der Waals surface area contributed by atoms with Crippen LogP contribution in [0.3, 0.4) is 0 Å². The highest BCUT2D eigenvalue weighted by atomic mass is 16.4. The first kappa shape index (κ1) is 14.1. The van der Waals surface area contributed by atoms with Crippen molar-refractivity contribution >= 4 is 11.9 Å². The summed E-state index contributed by atoms with van der Waals surface area (Å²) in [6, 6.07) is 0.138. The van der Waals surface area contributed by atoms with Gasteiger partial charge < -0.3 is 10.4 Å². The predicted molar refractivity (Wildman–Crippen MR) is 72.6 cm³/mol. The highest BCUT2D eigenvalue weighted by Gasteiger charge is 2.42. The maximum Gasteiger partial charge on any atom is 0.331 e. The summed E-state index contributed by atoms with van der Waals surface area (Å²) in [5, 5.41) is 11.9. The molecule has 2 aliphatic rings. The normalized spacial score (nSPS) is 31.8. The fraction of sp³-hybridized carbons (Fsp3) is 0.733. The first-order chi connectivity index (χ1) is 8.90. The Bertz CT molecular complexity index is 427. The molecule has 106 valence electrons. The van der Waals surface area contributed by atoms with E-state index < -0.39 is 5.97 Å². The first-order valence-corrected chi connectivity index (χ1v) is 7.11. The van der Waals surface area contributed by atoms with Gasteiger partial charge in [0, 0.05) is 17.2 Å². The largest absolute Gasteiger partial charge is 0.478 e. The number of carbonyl (C=O) groups is 2. The molecule has 0 radical (unpaired) electrons. The number of carbonyl (C=O) groups excluding carboxylic acids is 1. The molecule has 0 aromatic rings. The van der Waals surface area contributed by atoms with Crippen LogP contribution in [0.1, 0.15) is 46.5 Å². The Kier molecular flexibility index (Phi) is 3.97. The Hall–Kier alpha value is -1.32. The van der Waals surface area contributed by atoms with Crippen LogP contribution in [-0.2, 0) is 9.59 Å². The third-order valence-corrected chi connectivity index (χ3v) is 5.02. The molecule has 4 nitrogen and oxygen atoms in total. The van der Waals surface area contributed by atoms with Gasteiger partial charge in [-0.05, 0) is 57.8 Å². The average Bonchev–Trinajstić information content (AvgIpc) is 2.98. The molecule has 0 heterocycles. The lowest BCUT2D eigenvalue weighted by molar-refractivity contribution is -0.133. The molecule has 0 aromatic heterocycles. The van der Waals surface area contributed by atoms with Crippen LogP contribution in [0.25, 0.3) is 0 Å². The highest BCUT2D eigenvalue weighted by Crippen LogP contribution is 2.49. The molecule has 0 spiro atoms. The summed E-state index contributed by atoms with van der Waals surface area (Å²) in [5.41, 5.74) is 0.431. The third-order valence-electron chi connectivity index (χ3n) is 5.02. The van der Waals surface area contributed by atoms with Crippen molar-refractivity contribution in [1.82, 2.24) is 5.32 Å². The summed E-state index contributed by atoms with van der Waals surface area (Å²) in [5.74, 6) is 0.910. The molecule has 2 aliphatic carbocycles. The molecule has 0 aliphatic heterocycles. The van der Waals surface area contributed by atoms with Gasteiger partial charge in [0.2, 0.25) is 5.91 Å².